The molecule has 10 heteroatoms. The Balaban J connectivity index is 1.93. The first-order valence-electron chi connectivity index (χ1n) is 12.9. The Labute approximate surface area is 229 Å². The Morgan fingerprint density at radius 3 is 2.03 bits per heavy atom. The molecule has 0 aliphatic carbocycles. The van der Waals surface area contributed by atoms with Crippen LogP contribution in [0.4, 0.5) is 0 Å². The van der Waals surface area contributed by atoms with Gasteiger partial charge in [0.25, 0.3) is 0 Å². The maximum atomic E-state index is 10.4. The molecule has 2 aromatic carbocycles. The van der Waals surface area contributed by atoms with E-state index in [9.17, 15) is 15.3 Å². The lowest BCUT2D eigenvalue weighted by Crippen LogP contribution is -2.38. The van der Waals surface area contributed by atoms with E-state index in [4.69, 9.17) is 33.5 Å². The number of methoxy groups -OCH3 is 4. The standard InChI is InChI=1S/C29H40O10/c1-34-24-13-19(14-25(35-2)28(24)33)10-21(7-8-22-15-20(32)16-23(17-31)38-22)39-29-26(36-3)11-18(6-5-9-30)12-27(29)37-4/h5-6,11-14,20-23,30-33H,7-10,15-17H2,1-4H3/b6-5+. The van der Waals surface area contributed by atoms with Crippen LogP contribution in [0.15, 0.2) is 30.3 Å². The van der Waals surface area contributed by atoms with Gasteiger partial charge in [0.05, 0.1) is 60.0 Å². The van der Waals surface area contributed by atoms with Crippen LogP contribution in [0.5, 0.6) is 34.5 Å². The Morgan fingerprint density at radius 2 is 1.49 bits per heavy atom. The highest BCUT2D eigenvalue weighted by Gasteiger charge is 2.29. The second-order valence-corrected chi connectivity index (χ2v) is 9.40. The molecule has 216 valence electrons. The molecule has 39 heavy (non-hydrogen) atoms. The van der Waals surface area contributed by atoms with Gasteiger partial charge in [-0.15, -0.1) is 0 Å². The van der Waals surface area contributed by atoms with E-state index in [0.29, 0.717) is 49.4 Å². The third-order valence-electron chi connectivity index (χ3n) is 6.66. The number of benzene rings is 2. The van der Waals surface area contributed by atoms with Crippen molar-refractivity contribution in [3.05, 3.63) is 41.5 Å². The first-order chi connectivity index (χ1) is 18.8. The molecule has 0 amide bonds. The topological polar surface area (TPSA) is 136 Å². The maximum absolute atomic E-state index is 10.4. The summed E-state index contributed by atoms with van der Waals surface area (Å²) in [6.45, 7) is -0.244. The van der Waals surface area contributed by atoms with Crippen molar-refractivity contribution in [2.45, 2.75) is 56.5 Å². The molecule has 0 radical (unpaired) electrons. The van der Waals surface area contributed by atoms with E-state index < -0.39 is 18.3 Å². The van der Waals surface area contributed by atoms with Crippen LogP contribution < -0.4 is 23.7 Å². The van der Waals surface area contributed by atoms with Crippen LogP contribution in [0.3, 0.4) is 0 Å². The molecule has 0 saturated carbocycles. The summed E-state index contributed by atoms with van der Waals surface area (Å²) in [5.41, 5.74) is 1.58. The zero-order valence-corrected chi connectivity index (χ0v) is 23.0. The first kappa shape index (κ1) is 30.4. The van der Waals surface area contributed by atoms with Gasteiger partial charge < -0.3 is 48.8 Å². The molecule has 1 saturated heterocycles. The quantitative estimate of drug-likeness (QED) is 0.279. The van der Waals surface area contributed by atoms with Gasteiger partial charge in [-0.2, -0.15) is 0 Å². The lowest BCUT2D eigenvalue weighted by atomic mass is 9.95. The summed E-state index contributed by atoms with van der Waals surface area (Å²) >= 11 is 0. The second-order valence-electron chi connectivity index (χ2n) is 9.40. The molecule has 4 N–H and O–H groups in total. The second kappa shape index (κ2) is 14.8. The van der Waals surface area contributed by atoms with Crippen molar-refractivity contribution >= 4 is 6.08 Å². The molecule has 0 bridgehead atoms. The van der Waals surface area contributed by atoms with E-state index in [1.54, 1.807) is 36.4 Å². The van der Waals surface area contributed by atoms with E-state index >= 15 is 0 Å². The van der Waals surface area contributed by atoms with Crippen molar-refractivity contribution in [1.29, 1.82) is 0 Å². The van der Waals surface area contributed by atoms with Gasteiger partial charge in [0.1, 0.15) is 6.10 Å². The van der Waals surface area contributed by atoms with Gasteiger partial charge in [-0.05, 0) is 54.7 Å². The monoisotopic (exact) mass is 548 g/mol. The van der Waals surface area contributed by atoms with Crippen LogP contribution >= 0.6 is 0 Å². The fourth-order valence-electron chi connectivity index (χ4n) is 4.76. The molecule has 10 nitrogen and oxygen atoms in total. The number of hydrogen-bond donors (Lipinski definition) is 4. The minimum Gasteiger partial charge on any atom is -0.502 e. The van der Waals surface area contributed by atoms with Gasteiger partial charge in [0, 0.05) is 12.8 Å². The Bertz CT molecular complexity index is 1040. The van der Waals surface area contributed by atoms with E-state index in [0.717, 1.165) is 11.1 Å². The molecule has 0 aromatic heterocycles. The molecule has 1 aliphatic rings. The largest absolute Gasteiger partial charge is 0.502 e. The SMILES string of the molecule is COc1cc(CC(CCC2CC(O)CC(CO)O2)Oc2c(OC)cc(/C=C/CO)cc2OC)cc(OC)c1O. The first-order valence-corrected chi connectivity index (χ1v) is 12.9. The number of aliphatic hydroxyl groups excluding tert-OH is 3. The van der Waals surface area contributed by atoms with Crippen molar-refractivity contribution in [3.8, 4) is 34.5 Å². The summed E-state index contributed by atoms with van der Waals surface area (Å²) in [4.78, 5) is 0. The smallest absolute Gasteiger partial charge is 0.203 e. The highest BCUT2D eigenvalue weighted by molar-refractivity contribution is 5.62. The number of rotatable bonds is 14. The summed E-state index contributed by atoms with van der Waals surface area (Å²) in [5, 5.41) is 39.3. The lowest BCUT2D eigenvalue weighted by molar-refractivity contribution is -0.115. The molecule has 0 spiro atoms. The molecular weight excluding hydrogens is 508 g/mol. The number of phenols is 1. The molecule has 4 atom stereocenters. The number of aliphatic hydroxyl groups is 3. The predicted molar refractivity (Wildman–Crippen MR) is 145 cm³/mol. The summed E-state index contributed by atoms with van der Waals surface area (Å²) in [5.74, 6) is 1.81. The molecule has 3 rings (SSSR count). The molecule has 4 unspecified atom stereocenters. The van der Waals surface area contributed by atoms with Gasteiger partial charge in [-0.25, -0.2) is 0 Å². The highest BCUT2D eigenvalue weighted by Crippen LogP contribution is 2.42. The zero-order chi connectivity index (χ0) is 28.4. The number of hydrogen-bond acceptors (Lipinski definition) is 10. The van der Waals surface area contributed by atoms with Crippen molar-refractivity contribution in [1.82, 2.24) is 0 Å². The minimum atomic E-state index is -0.536. The van der Waals surface area contributed by atoms with Crippen molar-refractivity contribution in [2.75, 3.05) is 41.7 Å². The third kappa shape index (κ3) is 8.15. The van der Waals surface area contributed by atoms with Gasteiger partial charge in [0.15, 0.2) is 23.0 Å². The van der Waals surface area contributed by atoms with Crippen LogP contribution in [-0.2, 0) is 11.2 Å². The van der Waals surface area contributed by atoms with Crippen LogP contribution in [0.1, 0.15) is 36.8 Å². The number of aromatic hydroxyl groups is 1. The van der Waals surface area contributed by atoms with Crippen molar-refractivity contribution < 1.29 is 48.8 Å². The zero-order valence-electron chi connectivity index (χ0n) is 23.0. The van der Waals surface area contributed by atoms with Gasteiger partial charge in [-0.3, -0.25) is 0 Å². The summed E-state index contributed by atoms with van der Waals surface area (Å²) in [6, 6.07) is 7.04. The van der Waals surface area contributed by atoms with E-state index in [2.05, 4.69) is 0 Å². The highest BCUT2D eigenvalue weighted by atomic mass is 16.5. The predicted octanol–water partition coefficient (Wildman–Crippen LogP) is 3.10. The van der Waals surface area contributed by atoms with Gasteiger partial charge in [0.2, 0.25) is 11.5 Å². The summed E-state index contributed by atoms with van der Waals surface area (Å²) in [6.07, 6.45) is 4.21. The third-order valence-corrected chi connectivity index (χ3v) is 6.66. The Hall–Kier alpha value is -3.18. The molecule has 1 fully saturated rings. The Morgan fingerprint density at radius 1 is 0.897 bits per heavy atom. The molecular formula is C29H40O10. The lowest BCUT2D eigenvalue weighted by Gasteiger charge is -2.33. The summed E-state index contributed by atoms with van der Waals surface area (Å²) < 4.78 is 34.4. The van der Waals surface area contributed by atoms with E-state index in [1.807, 2.05) is 0 Å². The summed E-state index contributed by atoms with van der Waals surface area (Å²) in [7, 11) is 6.02. The average molecular weight is 549 g/mol. The van der Waals surface area contributed by atoms with Crippen LogP contribution in [0.2, 0.25) is 0 Å². The molecule has 1 aliphatic heterocycles. The number of ether oxygens (including phenoxy) is 6. The average Bonchev–Trinajstić information content (AvgIpc) is 2.95. The molecule has 1 heterocycles. The minimum absolute atomic E-state index is 0.0873. The van der Waals surface area contributed by atoms with Crippen molar-refractivity contribution in [3.63, 3.8) is 0 Å². The van der Waals surface area contributed by atoms with E-state index in [-0.39, 0.29) is 36.6 Å². The van der Waals surface area contributed by atoms with E-state index in [1.165, 1.54) is 28.4 Å². The number of phenolic OH excluding ortho intramolecular Hbond substituents is 1. The van der Waals surface area contributed by atoms with Crippen LogP contribution in [-0.4, -0.2) is 86.5 Å². The normalized spacial score (nSPS) is 20.0. The maximum Gasteiger partial charge on any atom is 0.203 e. The van der Waals surface area contributed by atoms with Crippen molar-refractivity contribution in [2.24, 2.45) is 0 Å². The van der Waals surface area contributed by atoms with Gasteiger partial charge in [-0.1, -0.05) is 12.2 Å². The fraction of sp³-hybridized carbons (Fsp3) is 0.517. The molecule has 2 aromatic rings. The van der Waals surface area contributed by atoms with Crippen LogP contribution in [0, 0.1) is 0 Å². The Kier molecular flexibility index (Phi) is 11.5. The van der Waals surface area contributed by atoms with Gasteiger partial charge >= 0.3 is 0 Å². The van der Waals surface area contributed by atoms with Crippen LogP contribution in [0.25, 0.3) is 6.08 Å². The fourth-order valence-corrected chi connectivity index (χ4v) is 4.76.